The molecule has 2 amide bonds. The van der Waals surface area contributed by atoms with Crippen molar-refractivity contribution in [2.24, 2.45) is 5.92 Å². The molecule has 5 nitrogen and oxygen atoms in total. The molecule has 0 bridgehead atoms. The standard InChI is InChI=1S/C13H27N3O2/c1-10(2)15-8-6-7-12(17)16(5)9-11(3)13(18)14-4/h10-11,15H,6-9H2,1-5H3,(H,14,18). The van der Waals surface area contributed by atoms with Crippen LogP contribution in [0.5, 0.6) is 0 Å². The van der Waals surface area contributed by atoms with Gasteiger partial charge in [0.05, 0.1) is 5.92 Å². The van der Waals surface area contributed by atoms with Gasteiger partial charge in [0.2, 0.25) is 11.8 Å². The van der Waals surface area contributed by atoms with Gasteiger partial charge >= 0.3 is 0 Å². The van der Waals surface area contributed by atoms with Gasteiger partial charge in [-0.3, -0.25) is 9.59 Å². The normalized spacial score (nSPS) is 12.3. The molecule has 0 fully saturated rings. The fourth-order valence-electron chi connectivity index (χ4n) is 1.66. The number of nitrogens with one attached hydrogen (secondary N) is 2. The van der Waals surface area contributed by atoms with Crippen molar-refractivity contribution in [2.45, 2.75) is 39.7 Å². The molecule has 106 valence electrons. The van der Waals surface area contributed by atoms with Crippen LogP contribution in [0.1, 0.15) is 33.6 Å². The van der Waals surface area contributed by atoms with Crippen LogP contribution in [0, 0.1) is 5.92 Å². The van der Waals surface area contributed by atoms with E-state index in [4.69, 9.17) is 0 Å². The lowest BCUT2D eigenvalue weighted by molar-refractivity contribution is -0.132. The third-order valence-corrected chi connectivity index (χ3v) is 2.79. The molecule has 0 aliphatic heterocycles. The fraction of sp³-hybridized carbons (Fsp3) is 0.846. The van der Waals surface area contributed by atoms with Crippen molar-refractivity contribution < 1.29 is 9.59 Å². The monoisotopic (exact) mass is 257 g/mol. The first-order valence-electron chi connectivity index (χ1n) is 6.57. The largest absolute Gasteiger partial charge is 0.359 e. The summed E-state index contributed by atoms with van der Waals surface area (Å²) in [6, 6.07) is 0.450. The second kappa shape index (κ2) is 8.91. The molecule has 0 aromatic rings. The van der Waals surface area contributed by atoms with Gasteiger partial charge in [-0.05, 0) is 13.0 Å². The van der Waals surface area contributed by atoms with Crippen molar-refractivity contribution in [3.8, 4) is 0 Å². The van der Waals surface area contributed by atoms with Gasteiger partial charge in [-0.1, -0.05) is 20.8 Å². The lowest BCUT2D eigenvalue weighted by atomic mass is 10.1. The van der Waals surface area contributed by atoms with Crippen LogP contribution in [-0.4, -0.2) is 49.9 Å². The molecular weight excluding hydrogens is 230 g/mol. The summed E-state index contributed by atoms with van der Waals surface area (Å²) in [4.78, 5) is 24.8. The minimum atomic E-state index is -0.169. The molecule has 0 aliphatic carbocycles. The molecule has 5 heteroatoms. The Morgan fingerprint density at radius 3 is 2.33 bits per heavy atom. The summed E-state index contributed by atoms with van der Waals surface area (Å²) < 4.78 is 0. The first-order valence-corrected chi connectivity index (χ1v) is 6.57. The van der Waals surface area contributed by atoms with Crippen molar-refractivity contribution in [3.63, 3.8) is 0 Å². The van der Waals surface area contributed by atoms with Crippen molar-refractivity contribution >= 4 is 11.8 Å². The van der Waals surface area contributed by atoms with E-state index in [-0.39, 0.29) is 17.7 Å². The molecule has 0 aromatic heterocycles. The van der Waals surface area contributed by atoms with E-state index in [1.165, 1.54) is 0 Å². The number of hydrogen-bond donors (Lipinski definition) is 2. The maximum atomic E-state index is 11.8. The Balaban J connectivity index is 3.85. The van der Waals surface area contributed by atoms with Crippen LogP contribution in [-0.2, 0) is 9.59 Å². The van der Waals surface area contributed by atoms with E-state index in [0.29, 0.717) is 19.0 Å². The van der Waals surface area contributed by atoms with E-state index in [2.05, 4.69) is 24.5 Å². The molecule has 0 saturated heterocycles. The minimum Gasteiger partial charge on any atom is -0.359 e. The maximum Gasteiger partial charge on any atom is 0.224 e. The number of rotatable bonds is 8. The second-order valence-corrected chi connectivity index (χ2v) is 5.00. The van der Waals surface area contributed by atoms with Crippen molar-refractivity contribution in [1.82, 2.24) is 15.5 Å². The Labute approximate surface area is 110 Å². The number of hydrogen-bond acceptors (Lipinski definition) is 3. The zero-order valence-electron chi connectivity index (χ0n) is 12.2. The highest BCUT2D eigenvalue weighted by molar-refractivity contribution is 5.80. The second-order valence-electron chi connectivity index (χ2n) is 5.00. The predicted octanol–water partition coefficient (Wildman–Crippen LogP) is 0.605. The quantitative estimate of drug-likeness (QED) is 0.626. The summed E-state index contributed by atoms with van der Waals surface area (Å²) in [6.07, 6.45) is 1.35. The third kappa shape index (κ3) is 7.27. The highest BCUT2D eigenvalue weighted by Crippen LogP contribution is 2.01. The van der Waals surface area contributed by atoms with E-state index in [9.17, 15) is 9.59 Å². The fourth-order valence-corrected chi connectivity index (χ4v) is 1.66. The molecule has 18 heavy (non-hydrogen) atoms. The average Bonchev–Trinajstić information content (AvgIpc) is 2.32. The molecule has 0 aromatic carbocycles. The zero-order chi connectivity index (χ0) is 14.1. The van der Waals surface area contributed by atoms with Crippen LogP contribution in [0.2, 0.25) is 0 Å². The number of nitrogens with zero attached hydrogens (tertiary/aromatic N) is 1. The van der Waals surface area contributed by atoms with Gasteiger partial charge in [-0.15, -0.1) is 0 Å². The Morgan fingerprint density at radius 1 is 1.22 bits per heavy atom. The molecule has 2 N–H and O–H groups in total. The van der Waals surface area contributed by atoms with Crippen molar-refractivity contribution in [2.75, 3.05) is 27.2 Å². The summed E-state index contributed by atoms with van der Waals surface area (Å²) in [5.74, 6) is -0.106. The first kappa shape index (κ1) is 16.9. The molecule has 0 heterocycles. The summed E-state index contributed by atoms with van der Waals surface area (Å²) in [6.45, 7) is 7.30. The molecular formula is C13H27N3O2. The molecule has 0 spiro atoms. The van der Waals surface area contributed by atoms with Crippen LogP contribution in [0.4, 0.5) is 0 Å². The Kier molecular flexibility index (Phi) is 8.37. The van der Waals surface area contributed by atoms with E-state index in [1.54, 1.807) is 19.0 Å². The SMILES string of the molecule is CNC(=O)C(C)CN(C)C(=O)CCCNC(C)C. The van der Waals surface area contributed by atoms with Crippen LogP contribution in [0.25, 0.3) is 0 Å². The summed E-state index contributed by atoms with van der Waals surface area (Å²) in [7, 11) is 3.36. The van der Waals surface area contributed by atoms with Gasteiger partial charge < -0.3 is 15.5 Å². The maximum absolute atomic E-state index is 11.8. The molecule has 1 atom stereocenters. The minimum absolute atomic E-state index is 0.0314. The highest BCUT2D eigenvalue weighted by atomic mass is 16.2. The van der Waals surface area contributed by atoms with Gasteiger partial charge in [0.25, 0.3) is 0 Å². The van der Waals surface area contributed by atoms with Crippen LogP contribution < -0.4 is 10.6 Å². The summed E-state index contributed by atoms with van der Waals surface area (Å²) in [5, 5.41) is 5.86. The Hall–Kier alpha value is -1.10. The summed E-state index contributed by atoms with van der Waals surface area (Å²) in [5.41, 5.74) is 0. The molecule has 1 unspecified atom stereocenters. The van der Waals surface area contributed by atoms with E-state index in [0.717, 1.165) is 13.0 Å². The summed E-state index contributed by atoms with van der Waals surface area (Å²) >= 11 is 0. The van der Waals surface area contributed by atoms with E-state index in [1.807, 2.05) is 6.92 Å². The van der Waals surface area contributed by atoms with Gasteiger partial charge in [-0.2, -0.15) is 0 Å². The third-order valence-electron chi connectivity index (χ3n) is 2.79. The highest BCUT2D eigenvalue weighted by Gasteiger charge is 2.16. The van der Waals surface area contributed by atoms with Crippen LogP contribution in [0.15, 0.2) is 0 Å². The molecule has 0 radical (unpaired) electrons. The molecule has 0 saturated carbocycles. The van der Waals surface area contributed by atoms with Crippen LogP contribution in [0.3, 0.4) is 0 Å². The number of amides is 2. The predicted molar refractivity (Wildman–Crippen MR) is 73.2 cm³/mol. The zero-order valence-corrected chi connectivity index (χ0v) is 12.2. The van der Waals surface area contributed by atoms with Gasteiger partial charge in [0.1, 0.15) is 0 Å². The van der Waals surface area contributed by atoms with Crippen molar-refractivity contribution in [3.05, 3.63) is 0 Å². The first-order chi connectivity index (χ1) is 8.38. The Bertz CT molecular complexity index is 267. The van der Waals surface area contributed by atoms with Gasteiger partial charge in [-0.25, -0.2) is 0 Å². The smallest absolute Gasteiger partial charge is 0.224 e. The van der Waals surface area contributed by atoms with E-state index >= 15 is 0 Å². The Morgan fingerprint density at radius 2 is 1.83 bits per heavy atom. The van der Waals surface area contributed by atoms with Gasteiger partial charge in [0, 0.05) is 33.1 Å². The molecule has 0 rings (SSSR count). The van der Waals surface area contributed by atoms with Crippen molar-refractivity contribution in [1.29, 1.82) is 0 Å². The topological polar surface area (TPSA) is 61.4 Å². The average molecular weight is 257 g/mol. The lowest BCUT2D eigenvalue weighted by Crippen LogP contribution is -2.37. The van der Waals surface area contributed by atoms with Gasteiger partial charge in [0.15, 0.2) is 0 Å². The number of carbonyl (C=O) groups excluding carboxylic acids is 2. The molecule has 0 aliphatic rings. The number of carbonyl (C=O) groups is 2. The van der Waals surface area contributed by atoms with Crippen LogP contribution >= 0.6 is 0 Å². The van der Waals surface area contributed by atoms with E-state index < -0.39 is 0 Å². The lowest BCUT2D eigenvalue weighted by Gasteiger charge is -2.21.